The summed E-state index contributed by atoms with van der Waals surface area (Å²) in [5.41, 5.74) is 0.516. The van der Waals surface area contributed by atoms with Crippen molar-refractivity contribution >= 4 is 31.6 Å². The van der Waals surface area contributed by atoms with E-state index in [4.69, 9.17) is 4.74 Å². The lowest BCUT2D eigenvalue weighted by Crippen LogP contribution is -2.12. The van der Waals surface area contributed by atoms with E-state index in [-0.39, 0.29) is 4.90 Å². The molecule has 2 rings (SSSR count). The predicted molar refractivity (Wildman–Crippen MR) is 82.6 cm³/mol. The van der Waals surface area contributed by atoms with Gasteiger partial charge >= 0.3 is 0 Å². The third kappa shape index (κ3) is 3.74. The largest absolute Gasteiger partial charge is 0.494 e. The quantitative estimate of drug-likeness (QED) is 0.890. The maximum atomic E-state index is 12.2. The summed E-state index contributed by atoms with van der Waals surface area (Å²) in [4.78, 5) is 0.198. The molecule has 2 aromatic carbocycles. The number of sulfonamides is 1. The van der Waals surface area contributed by atoms with Crippen LogP contribution in [0.15, 0.2) is 57.9 Å². The monoisotopic (exact) mass is 355 g/mol. The Hall–Kier alpha value is -1.53. The second-order valence-corrected chi connectivity index (χ2v) is 6.61. The van der Waals surface area contributed by atoms with Gasteiger partial charge in [-0.2, -0.15) is 0 Å². The first-order valence-corrected chi connectivity index (χ1v) is 8.30. The van der Waals surface area contributed by atoms with Crippen LogP contribution in [0.5, 0.6) is 5.75 Å². The van der Waals surface area contributed by atoms with E-state index in [9.17, 15) is 8.42 Å². The smallest absolute Gasteiger partial charge is 0.261 e. The summed E-state index contributed by atoms with van der Waals surface area (Å²) >= 11 is 3.30. The van der Waals surface area contributed by atoms with E-state index in [0.717, 1.165) is 4.47 Å². The molecule has 0 aliphatic heterocycles. The number of halogens is 1. The van der Waals surface area contributed by atoms with Gasteiger partial charge in [-0.15, -0.1) is 0 Å². The van der Waals surface area contributed by atoms with E-state index in [1.165, 1.54) is 12.1 Å². The molecule has 0 heterocycles. The minimum atomic E-state index is -3.58. The van der Waals surface area contributed by atoms with E-state index in [1.54, 1.807) is 36.4 Å². The second-order valence-electron chi connectivity index (χ2n) is 4.02. The molecule has 4 nitrogen and oxygen atoms in total. The maximum absolute atomic E-state index is 12.2. The first-order valence-electron chi connectivity index (χ1n) is 6.02. The van der Waals surface area contributed by atoms with Gasteiger partial charge in [0, 0.05) is 10.2 Å². The Kier molecular flexibility index (Phi) is 4.67. The van der Waals surface area contributed by atoms with Crippen LogP contribution in [0.1, 0.15) is 6.92 Å². The molecular weight excluding hydrogens is 342 g/mol. The van der Waals surface area contributed by atoms with Crippen LogP contribution in [0.2, 0.25) is 0 Å². The standard InChI is InChI=1S/C14H14BrNO3S/c1-2-19-13-7-9-14(10-8-13)20(17,18)16-12-5-3-11(15)4-6-12/h3-10,16H,2H2,1H3. The minimum absolute atomic E-state index is 0.198. The highest BCUT2D eigenvalue weighted by Gasteiger charge is 2.14. The number of rotatable bonds is 5. The lowest BCUT2D eigenvalue weighted by atomic mass is 10.3. The summed E-state index contributed by atoms with van der Waals surface area (Å²) in [6, 6.07) is 13.2. The van der Waals surface area contributed by atoms with Crippen LogP contribution in [0.25, 0.3) is 0 Å². The van der Waals surface area contributed by atoms with E-state index < -0.39 is 10.0 Å². The Labute approximate surface area is 127 Å². The van der Waals surface area contributed by atoms with Crippen molar-refractivity contribution in [1.82, 2.24) is 0 Å². The Morgan fingerprint density at radius 1 is 1.05 bits per heavy atom. The summed E-state index contributed by atoms with van der Waals surface area (Å²) in [5, 5.41) is 0. The first kappa shape index (κ1) is 14.9. The average molecular weight is 356 g/mol. The van der Waals surface area contributed by atoms with Gasteiger partial charge in [0.15, 0.2) is 0 Å². The molecule has 0 fully saturated rings. The van der Waals surface area contributed by atoms with Crippen LogP contribution in [-0.4, -0.2) is 15.0 Å². The lowest BCUT2D eigenvalue weighted by Gasteiger charge is -2.09. The van der Waals surface area contributed by atoms with Gasteiger partial charge in [0.1, 0.15) is 5.75 Å². The maximum Gasteiger partial charge on any atom is 0.261 e. The van der Waals surface area contributed by atoms with Crippen molar-refractivity contribution in [1.29, 1.82) is 0 Å². The van der Waals surface area contributed by atoms with E-state index in [0.29, 0.717) is 18.0 Å². The molecule has 0 radical (unpaired) electrons. The highest BCUT2D eigenvalue weighted by molar-refractivity contribution is 9.10. The molecule has 0 saturated heterocycles. The van der Waals surface area contributed by atoms with Gasteiger partial charge in [-0.25, -0.2) is 8.42 Å². The molecule has 20 heavy (non-hydrogen) atoms. The normalized spacial score (nSPS) is 11.1. The molecule has 106 valence electrons. The SMILES string of the molecule is CCOc1ccc(S(=O)(=O)Nc2ccc(Br)cc2)cc1. The van der Waals surface area contributed by atoms with Crippen molar-refractivity contribution in [3.05, 3.63) is 53.0 Å². The Bertz CT molecular complexity index is 667. The van der Waals surface area contributed by atoms with Crippen molar-refractivity contribution in [2.24, 2.45) is 0 Å². The van der Waals surface area contributed by atoms with Gasteiger partial charge in [0.05, 0.1) is 11.5 Å². The number of hydrogen-bond acceptors (Lipinski definition) is 3. The summed E-state index contributed by atoms with van der Waals surface area (Å²) in [6.45, 7) is 2.42. The van der Waals surface area contributed by atoms with Crippen molar-refractivity contribution in [2.45, 2.75) is 11.8 Å². The zero-order valence-corrected chi connectivity index (χ0v) is 13.2. The number of hydrogen-bond donors (Lipinski definition) is 1. The number of ether oxygens (including phenoxy) is 1. The molecule has 1 N–H and O–H groups in total. The Balaban J connectivity index is 2.19. The van der Waals surface area contributed by atoms with Gasteiger partial charge in [-0.05, 0) is 55.5 Å². The van der Waals surface area contributed by atoms with Crippen molar-refractivity contribution in [3.63, 3.8) is 0 Å². The van der Waals surface area contributed by atoms with Crippen molar-refractivity contribution < 1.29 is 13.2 Å². The average Bonchev–Trinajstić information content (AvgIpc) is 2.42. The molecule has 0 atom stereocenters. The first-order chi connectivity index (χ1) is 9.51. The fourth-order valence-electron chi connectivity index (χ4n) is 1.61. The molecule has 6 heteroatoms. The fraction of sp³-hybridized carbons (Fsp3) is 0.143. The van der Waals surface area contributed by atoms with Crippen LogP contribution in [0.4, 0.5) is 5.69 Å². The van der Waals surface area contributed by atoms with Gasteiger partial charge in [0.2, 0.25) is 0 Å². The van der Waals surface area contributed by atoms with E-state index in [2.05, 4.69) is 20.7 Å². The van der Waals surface area contributed by atoms with Crippen LogP contribution < -0.4 is 9.46 Å². The molecule has 0 unspecified atom stereocenters. The molecule has 0 spiro atoms. The van der Waals surface area contributed by atoms with Gasteiger partial charge in [-0.1, -0.05) is 15.9 Å². The molecule has 0 saturated carbocycles. The number of nitrogens with one attached hydrogen (secondary N) is 1. The van der Waals surface area contributed by atoms with Crippen LogP contribution in [0.3, 0.4) is 0 Å². The van der Waals surface area contributed by atoms with Gasteiger partial charge in [-0.3, -0.25) is 4.72 Å². The zero-order chi connectivity index (χ0) is 14.6. The van der Waals surface area contributed by atoms with Gasteiger partial charge < -0.3 is 4.74 Å². The molecular formula is C14H14BrNO3S. The number of benzene rings is 2. The zero-order valence-electron chi connectivity index (χ0n) is 10.8. The Morgan fingerprint density at radius 2 is 1.65 bits per heavy atom. The summed E-state index contributed by atoms with van der Waals surface area (Å²) in [5.74, 6) is 0.648. The van der Waals surface area contributed by atoms with E-state index in [1.807, 2.05) is 6.92 Å². The molecule has 2 aromatic rings. The van der Waals surface area contributed by atoms with Crippen molar-refractivity contribution in [2.75, 3.05) is 11.3 Å². The minimum Gasteiger partial charge on any atom is -0.494 e. The molecule has 0 aromatic heterocycles. The van der Waals surface area contributed by atoms with Crippen LogP contribution in [0, 0.1) is 0 Å². The lowest BCUT2D eigenvalue weighted by molar-refractivity contribution is 0.340. The predicted octanol–water partition coefficient (Wildman–Crippen LogP) is 3.65. The van der Waals surface area contributed by atoms with Crippen molar-refractivity contribution in [3.8, 4) is 5.75 Å². The van der Waals surface area contributed by atoms with E-state index >= 15 is 0 Å². The fourth-order valence-corrected chi connectivity index (χ4v) is 2.94. The molecule has 0 aliphatic carbocycles. The Morgan fingerprint density at radius 3 is 2.20 bits per heavy atom. The van der Waals surface area contributed by atoms with Gasteiger partial charge in [0.25, 0.3) is 10.0 Å². The summed E-state index contributed by atoms with van der Waals surface area (Å²) in [6.07, 6.45) is 0. The molecule has 0 amide bonds. The molecule has 0 aliphatic rings. The number of anilines is 1. The third-order valence-electron chi connectivity index (χ3n) is 2.54. The van der Waals surface area contributed by atoms with Crippen LogP contribution >= 0.6 is 15.9 Å². The summed E-state index contributed by atoms with van der Waals surface area (Å²) < 4.78 is 33.1. The second kappa shape index (κ2) is 6.28. The third-order valence-corrected chi connectivity index (χ3v) is 4.47. The molecule has 0 bridgehead atoms. The van der Waals surface area contributed by atoms with Crippen LogP contribution in [-0.2, 0) is 10.0 Å². The topological polar surface area (TPSA) is 55.4 Å². The summed E-state index contributed by atoms with van der Waals surface area (Å²) in [7, 11) is -3.58. The highest BCUT2D eigenvalue weighted by atomic mass is 79.9. The highest BCUT2D eigenvalue weighted by Crippen LogP contribution is 2.20.